The van der Waals surface area contributed by atoms with Gasteiger partial charge in [-0.05, 0) is 70.5 Å². The molecule has 1 unspecified atom stereocenters. The summed E-state index contributed by atoms with van der Waals surface area (Å²) in [6.45, 7) is 36.5. The molecule has 1 saturated heterocycles. The van der Waals surface area contributed by atoms with Gasteiger partial charge in [-0.1, -0.05) is 72.0 Å². The maximum Gasteiger partial charge on any atom is 0.469 e. The zero-order valence-electron chi connectivity index (χ0n) is 27.1. The summed E-state index contributed by atoms with van der Waals surface area (Å²) in [4.78, 5) is 12.3. The average molecular weight is 637 g/mol. The van der Waals surface area contributed by atoms with Gasteiger partial charge in [-0.15, -0.1) is 0 Å². The summed E-state index contributed by atoms with van der Waals surface area (Å²) in [7, 11) is -10.8. The van der Waals surface area contributed by atoms with Crippen LogP contribution in [0, 0.1) is 5.41 Å². The lowest BCUT2D eigenvalue weighted by atomic mass is 9.79. The van der Waals surface area contributed by atoms with E-state index in [0.717, 1.165) is 22.7 Å². The summed E-state index contributed by atoms with van der Waals surface area (Å²) in [5.74, 6) is -0.813. The van der Waals surface area contributed by atoms with E-state index in [0.29, 0.717) is 17.5 Å². The Morgan fingerprint density at radius 2 is 1.27 bits per heavy atom. The molecule has 0 aromatic heterocycles. The monoisotopic (exact) mass is 636 g/mol. The number of aliphatic carboxylic acids is 1. The number of hydrogen-bond donors (Lipinski definition) is 1. The van der Waals surface area contributed by atoms with Crippen molar-refractivity contribution in [2.45, 2.75) is 138 Å². The Kier molecular flexibility index (Phi) is 11.8. The molecule has 1 aliphatic heterocycles. The lowest BCUT2D eigenvalue weighted by molar-refractivity contribution is -0.133. The van der Waals surface area contributed by atoms with Gasteiger partial charge >= 0.3 is 14.8 Å². The fraction of sp³-hybridized carbons (Fsp3) is 0.880. The van der Waals surface area contributed by atoms with E-state index in [2.05, 4.69) is 94.7 Å². The highest BCUT2D eigenvalue weighted by atomic mass is 30.1. The van der Waals surface area contributed by atoms with Crippen LogP contribution in [0.3, 0.4) is 0 Å². The highest BCUT2D eigenvalue weighted by molar-refractivity contribution is 7.97. The molecule has 37 heavy (non-hydrogen) atoms. The number of carbonyl (C=O) groups is 1. The molecule has 0 saturated carbocycles. The Balaban J connectivity index is 3.78. The van der Waals surface area contributed by atoms with Gasteiger partial charge in [0.2, 0.25) is 0 Å². The minimum absolute atomic E-state index is 0.00497. The fourth-order valence-electron chi connectivity index (χ4n) is 7.17. The van der Waals surface area contributed by atoms with E-state index in [-0.39, 0.29) is 17.1 Å². The molecule has 1 heterocycles. The standard InChI is InChI=1S/C25H60O5Si7/c1-19(2)23(24(26)27)25(9,10)17-18-35(28-33(11,12)13,29-34(14,15)16)30-37(22(7)8)32-31-36(37,20(3)4)21(5)6/h20-22H,17-18,31-32H2,1-16H3,(H,26,27). The quantitative estimate of drug-likeness (QED) is 0.176. The Morgan fingerprint density at radius 3 is 1.51 bits per heavy atom. The predicted molar refractivity (Wildman–Crippen MR) is 179 cm³/mol. The summed E-state index contributed by atoms with van der Waals surface area (Å²) >= 11 is 0. The van der Waals surface area contributed by atoms with Crippen molar-refractivity contribution in [2.75, 3.05) is 0 Å². The zero-order chi connectivity index (χ0) is 29.4. The molecule has 1 fully saturated rings. The van der Waals surface area contributed by atoms with Crippen molar-refractivity contribution < 1.29 is 22.2 Å². The summed E-state index contributed by atoms with van der Waals surface area (Å²) in [5, 5.41) is 10.1. The van der Waals surface area contributed by atoms with Crippen molar-refractivity contribution in [2.24, 2.45) is 5.41 Å². The molecular formula is C25H60O5Si7. The molecule has 12 heteroatoms. The van der Waals surface area contributed by atoms with Crippen molar-refractivity contribution in [3.8, 4) is 0 Å². The third-order valence-electron chi connectivity index (χ3n) is 8.40. The van der Waals surface area contributed by atoms with Crippen LogP contribution in [0.1, 0.15) is 75.7 Å². The molecule has 1 N–H and O–H groups in total. The first-order chi connectivity index (χ1) is 16.4. The van der Waals surface area contributed by atoms with Crippen LogP contribution in [0.2, 0.25) is 61.9 Å². The van der Waals surface area contributed by atoms with E-state index >= 15 is 0 Å². The van der Waals surface area contributed by atoms with Crippen molar-refractivity contribution >= 4 is 63.0 Å². The third-order valence-corrected chi connectivity index (χ3v) is 106. The first-order valence-electron chi connectivity index (χ1n) is 14.4. The molecule has 0 bridgehead atoms. The van der Waals surface area contributed by atoms with Gasteiger partial charge in [0.25, 0.3) is 0 Å². The number of hydrogen-bond acceptors (Lipinski definition) is 4. The average Bonchev–Trinajstić information content (AvgIpc) is 2.59. The van der Waals surface area contributed by atoms with Gasteiger partial charge in [0.15, 0.2) is 16.6 Å². The number of rotatable bonds is 14. The first-order valence-corrected chi connectivity index (χ1v) is 36.9. The van der Waals surface area contributed by atoms with Crippen LogP contribution in [0.4, 0.5) is 0 Å². The van der Waals surface area contributed by atoms with E-state index < -0.39 is 51.3 Å². The van der Waals surface area contributed by atoms with Crippen LogP contribution >= 0.6 is 0 Å². The van der Waals surface area contributed by atoms with Crippen molar-refractivity contribution in [3.63, 3.8) is 0 Å². The smallest absolute Gasteiger partial charge is 0.469 e. The summed E-state index contributed by atoms with van der Waals surface area (Å²) < 4.78 is 22.4. The SMILES string of the molecule is CC(C)=C(C(=O)O)C(C)(C)CC[Si](O[Si](C)(C)C)(O[Si](C)(C)C)O[Si]1(C(C)C)[SiH2][SiH2][Si]1(C(C)C)C(C)C. The fourth-order valence-corrected chi connectivity index (χ4v) is 133. The first kappa shape index (κ1) is 35.6. The summed E-state index contributed by atoms with van der Waals surface area (Å²) in [6.07, 6.45) is 0.709. The minimum Gasteiger partial charge on any atom is -0.478 e. The lowest BCUT2D eigenvalue weighted by Crippen LogP contribution is -2.90. The summed E-state index contributed by atoms with van der Waals surface area (Å²) in [6, 6.07) is 0.719. The maximum absolute atomic E-state index is 12.3. The molecular weight excluding hydrogens is 577 g/mol. The Hall–Kier alpha value is 0.608. The highest BCUT2D eigenvalue weighted by Crippen LogP contribution is 2.51. The Bertz CT molecular complexity index is 815. The van der Waals surface area contributed by atoms with Gasteiger partial charge in [-0.2, -0.15) is 0 Å². The van der Waals surface area contributed by atoms with Crippen LogP contribution in [0.15, 0.2) is 11.1 Å². The lowest BCUT2D eigenvalue weighted by Gasteiger charge is -2.64. The highest BCUT2D eigenvalue weighted by Gasteiger charge is 2.71. The second-order valence-electron chi connectivity index (χ2n) is 15.2. The topological polar surface area (TPSA) is 65.0 Å². The predicted octanol–water partition coefficient (Wildman–Crippen LogP) is 6.44. The molecule has 0 amide bonds. The molecule has 0 aliphatic carbocycles. The summed E-state index contributed by atoms with van der Waals surface area (Å²) in [5.41, 5.74) is 3.05. The zero-order valence-corrected chi connectivity index (χ0v) is 35.0. The molecule has 0 aromatic rings. The number of carboxylic acids is 1. The normalized spacial score (nSPS) is 22.2. The number of carboxylic acid groups (broad SMARTS) is 1. The van der Waals surface area contributed by atoms with Gasteiger partial charge in [-0.3, -0.25) is 0 Å². The van der Waals surface area contributed by atoms with E-state index in [1.165, 1.54) is 0 Å². The maximum atomic E-state index is 12.3. The van der Waals surface area contributed by atoms with Crippen molar-refractivity contribution in [1.29, 1.82) is 0 Å². The largest absolute Gasteiger partial charge is 0.478 e. The van der Waals surface area contributed by atoms with E-state index in [9.17, 15) is 9.90 Å². The van der Waals surface area contributed by atoms with Crippen molar-refractivity contribution in [3.05, 3.63) is 11.1 Å². The molecule has 0 aromatic carbocycles. The molecule has 0 radical (unpaired) electrons. The van der Waals surface area contributed by atoms with Gasteiger partial charge < -0.3 is 17.5 Å². The van der Waals surface area contributed by atoms with E-state index in [1.54, 1.807) is 0 Å². The molecule has 1 aliphatic rings. The van der Waals surface area contributed by atoms with E-state index in [4.69, 9.17) is 12.3 Å². The Labute approximate surface area is 238 Å². The van der Waals surface area contributed by atoms with Crippen LogP contribution < -0.4 is 0 Å². The van der Waals surface area contributed by atoms with Crippen LogP contribution in [-0.4, -0.2) is 68.1 Å². The third kappa shape index (κ3) is 8.09. The van der Waals surface area contributed by atoms with Gasteiger partial charge in [-0.25, -0.2) is 4.79 Å². The Morgan fingerprint density at radius 1 is 0.838 bits per heavy atom. The van der Waals surface area contributed by atoms with Gasteiger partial charge in [0.05, 0.1) is 7.11 Å². The minimum atomic E-state index is -3.08. The second-order valence-corrected chi connectivity index (χ2v) is 64.5. The van der Waals surface area contributed by atoms with Crippen LogP contribution in [-0.2, 0) is 17.1 Å². The molecule has 218 valence electrons. The number of allylic oxidation sites excluding steroid dienone is 1. The van der Waals surface area contributed by atoms with Gasteiger partial charge in [0.1, 0.15) is 7.35 Å². The molecule has 1 rings (SSSR count). The molecule has 0 spiro atoms. The second kappa shape index (κ2) is 12.2. The van der Waals surface area contributed by atoms with Crippen LogP contribution in [0.5, 0.6) is 0 Å². The molecule has 5 nitrogen and oxygen atoms in total. The van der Waals surface area contributed by atoms with Gasteiger partial charge in [0, 0.05) is 28.7 Å². The van der Waals surface area contributed by atoms with Crippen molar-refractivity contribution in [1.82, 2.24) is 0 Å². The van der Waals surface area contributed by atoms with E-state index in [1.807, 2.05) is 13.8 Å². The molecule has 1 atom stereocenters. The van der Waals surface area contributed by atoms with Crippen LogP contribution in [0.25, 0.3) is 0 Å².